The predicted octanol–water partition coefficient (Wildman–Crippen LogP) is 5.35. The molecule has 5 rings (SSSR count). The molecule has 5 aromatic rings. The van der Waals surface area contributed by atoms with E-state index >= 15 is 0 Å². The summed E-state index contributed by atoms with van der Waals surface area (Å²) < 4.78 is 0. The molecule has 0 saturated heterocycles. The summed E-state index contributed by atoms with van der Waals surface area (Å²) in [4.78, 5) is 28.9. The van der Waals surface area contributed by atoms with Gasteiger partial charge < -0.3 is 15.6 Å². The van der Waals surface area contributed by atoms with E-state index in [2.05, 4.69) is 47.8 Å². The molecular weight excluding hydrogens is 440 g/mol. The molecule has 0 aliphatic carbocycles. The molecule has 0 unspecified atom stereocenters. The Labute approximate surface area is 201 Å². The first kappa shape index (κ1) is 21.8. The number of anilines is 4. The smallest absolute Gasteiger partial charge is 0.272 e. The topological polar surface area (TPSA) is 120 Å². The summed E-state index contributed by atoms with van der Waals surface area (Å²) in [5.74, 6) is 0.998. The van der Waals surface area contributed by atoms with Crippen LogP contribution >= 0.6 is 0 Å². The number of hydrogen-bond donors (Lipinski definition) is 4. The summed E-state index contributed by atoms with van der Waals surface area (Å²) in [5.41, 5.74) is 8.40. The molecule has 9 nitrogen and oxygen atoms in total. The highest BCUT2D eigenvalue weighted by molar-refractivity contribution is 6.06. The quantitative estimate of drug-likeness (QED) is 0.191. The van der Waals surface area contributed by atoms with Gasteiger partial charge in [0.05, 0.1) is 17.6 Å². The zero-order valence-electron chi connectivity index (χ0n) is 18.9. The second-order valence-corrected chi connectivity index (χ2v) is 7.87. The number of nitrogens with one attached hydrogen (secondary N) is 4. The highest BCUT2D eigenvalue weighted by Gasteiger charge is 2.12. The molecule has 3 heterocycles. The Hall–Kier alpha value is -5.05. The van der Waals surface area contributed by atoms with E-state index in [0.717, 1.165) is 33.4 Å². The minimum atomic E-state index is -0.237. The number of aryl methyl sites for hydroxylation is 1. The fourth-order valence-corrected chi connectivity index (χ4v) is 3.69. The van der Waals surface area contributed by atoms with E-state index < -0.39 is 0 Å². The second-order valence-electron chi connectivity index (χ2n) is 7.87. The van der Waals surface area contributed by atoms with Gasteiger partial charge in [-0.2, -0.15) is 5.10 Å². The van der Waals surface area contributed by atoms with Crippen LogP contribution < -0.4 is 16.1 Å². The van der Waals surface area contributed by atoms with Gasteiger partial charge in [0.2, 0.25) is 0 Å². The van der Waals surface area contributed by atoms with Crippen LogP contribution in [0.25, 0.3) is 22.3 Å². The van der Waals surface area contributed by atoms with Crippen molar-refractivity contribution in [3.8, 4) is 11.4 Å². The maximum Gasteiger partial charge on any atom is 0.272 e. The monoisotopic (exact) mass is 462 g/mol. The van der Waals surface area contributed by atoms with Crippen LogP contribution in [0.15, 0.2) is 84.4 Å². The number of amides is 1. The predicted molar refractivity (Wildman–Crippen MR) is 139 cm³/mol. The number of carbonyl (C=O) groups excluding carboxylic acids is 1. The van der Waals surface area contributed by atoms with E-state index in [0.29, 0.717) is 23.0 Å². The Bertz CT molecular complexity index is 1530. The summed E-state index contributed by atoms with van der Waals surface area (Å²) in [6.07, 6.45) is 4.96. The molecule has 172 valence electrons. The molecule has 0 fully saturated rings. The van der Waals surface area contributed by atoms with Crippen molar-refractivity contribution in [3.05, 3.63) is 90.5 Å². The van der Waals surface area contributed by atoms with Gasteiger partial charge in [0.15, 0.2) is 5.82 Å². The Balaban J connectivity index is 1.36. The van der Waals surface area contributed by atoms with Gasteiger partial charge in [-0.25, -0.2) is 9.97 Å². The third-order valence-corrected chi connectivity index (χ3v) is 5.40. The fraction of sp³-hybridized carbons (Fsp3) is 0.0385. The molecule has 0 spiro atoms. The lowest BCUT2D eigenvalue weighted by Gasteiger charge is -2.10. The Morgan fingerprint density at radius 2 is 1.94 bits per heavy atom. The molecule has 0 saturated carbocycles. The average molecular weight is 463 g/mol. The number of benzene rings is 2. The summed E-state index contributed by atoms with van der Waals surface area (Å²) >= 11 is 0. The largest absolute Gasteiger partial charge is 0.350 e. The van der Waals surface area contributed by atoms with E-state index in [1.54, 1.807) is 30.7 Å². The second kappa shape index (κ2) is 9.44. The van der Waals surface area contributed by atoms with Crippen LogP contribution in [-0.2, 0) is 0 Å². The number of rotatable bonds is 7. The van der Waals surface area contributed by atoms with Crippen LogP contribution in [0.3, 0.4) is 0 Å². The lowest BCUT2D eigenvalue weighted by molar-refractivity contribution is 0.102. The average Bonchev–Trinajstić information content (AvgIpc) is 3.30. The van der Waals surface area contributed by atoms with Crippen molar-refractivity contribution in [1.29, 1.82) is 0 Å². The van der Waals surface area contributed by atoms with Crippen LogP contribution in [0.5, 0.6) is 0 Å². The molecular formula is C26H22N8O. The maximum atomic E-state index is 12.6. The summed E-state index contributed by atoms with van der Waals surface area (Å²) in [6, 6.07) is 18.8. The Kier molecular flexibility index (Phi) is 5.87. The van der Waals surface area contributed by atoms with E-state index in [-0.39, 0.29) is 5.91 Å². The molecule has 4 N–H and O–H groups in total. The van der Waals surface area contributed by atoms with Gasteiger partial charge in [-0.05, 0) is 61.0 Å². The zero-order chi connectivity index (χ0) is 24.2. The van der Waals surface area contributed by atoms with Crippen LogP contribution in [-0.4, -0.2) is 32.6 Å². The summed E-state index contributed by atoms with van der Waals surface area (Å²) in [5, 5.41) is 10.8. The molecule has 9 heteroatoms. The van der Waals surface area contributed by atoms with Crippen molar-refractivity contribution in [2.75, 3.05) is 16.1 Å². The first-order valence-electron chi connectivity index (χ1n) is 10.9. The molecule has 0 atom stereocenters. The molecule has 35 heavy (non-hydrogen) atoms. The van der Waals surface area contributed by atoms with Crippen molar-refractivity contribution in [1.82, 2.24) is 19.9 Å². The molecule has 0 aliphatic heterocycles. The lowest BCUT2D eigenvalue weighted by atomic mass is 10.1. The van der Waals surface area contributed by atoms with Crippen LogP contribution in [0.4, 0.5) is 22.9 Å². The molecule has 0 aliphatic rings. The first-order chi connectivity index (χ1) is 17.1. The van der Waals surface area contributed by atoms with Crippen molar-refractivity contribution < 1.29 is 4.79 Å². The number of pyridine rings is 1. The summed E-state index contributed by atoms with van der Waals surface area (Å²) in [6.45, 7) is 5.44. The number of hydrogen-bond acceptors (Lipinski definition) is 7. The molecule has 2 aromatic carbocycles. The SMILES string of the molecule is C=NNc1ccc(Nc2ccnc(-c3ccc4cc(C(=O)Nc5cccnc5)[nH]c4c3)n2)cc1C. The highest BCUT2D eigenvalue weighted by atomic mass is 16.1. The van der Waals surface area contributed by atoms with E-state index in [9.17, 15) is 4.79 Å². The minimum absolute atomic E-state index is 0.237. The van der Waals surface area contributed by atoms with Gasteiger partial charge in [-0.15, -0.1) is 0 Å². The molecule has 1 amide bonds. The number of aromatic nitrogens is 4. The fourth-order valence-electron chi connectivity index (χ4n) is 3.69. The van der Waals surface area contributed by atoms with E-state index in [4.69, 9.17) is 0 Å². The number of carbonyl (C=O) groups is 1. The van der Waals surface area contributed by atoms with Gasteiger partial charge in [0.1, 0.15) is 11.5 Å². The first-order valence-corrected chi connectivity index (χ1v) is 10.9. The standard InChI is InChI=1S/C26H22N8O/c1-16-12-19(7-8-21(16)34-27-2)30-24-9-11-29-25(33-24)18-6-5-17-13-23(32-22(17)14-18)26(35)31-20-4-3-10-28-15-20/h3-15,32,34H,2H2,1H3,(H,31,35)(H,29,30,33). The van der Waals surface area contributed by atoms with E-state index in [1.165, 1.54) is 0 Å². The highest BCUT2D eigenvalue weighted by Crippen LogP contribution is 2.26. The number of nitrogens with zero attached hydrogens (tertiary/aromatic N) is 4. The summed E-state index contributed by atoms with van der Waals surface area (Å²) in [7, 11) is 0. The van der Waals surface area contributed by atoms with E-state index in [1.807, 2.05) is 55.5 Å². The van der Waals surface area contributed by atoms with Gasteiger partial charge in [0.25, 0.3) is 5.91 Å². The van der Waals surface area contributed by atoms with Gasteiger partial charge in [-0.1, -0.05) is 12.1 Å². The number of H-pyrrole nitrogens is 1. The molecule has 0 radical (unpaired) electrons. The number of fused-ring (bicyclic) bond motifs is 1. The van der Waals surface area contributed by atoms with Crippen molar-refractivity contribution in [2.45, 2.75) is 6.92 Å². The van der Waals surface area contributed by atoms with Crippen molar-refractivity contribution >= 4 is 46.4 Å². The Morgan fingerprint density at radius 1 is 1.03 bits per heavy atom. The molecule has 0 bridgehead atoms. The number of hydrazone groups is 1. The van der Waals surface area contributed by atoms with Gasteiger partial charge in [-0.3, -0.25) is 15.2 Å². The van der Waals surface area contributed by atoms with Gasteiger partial charge in [0, 0.05) is 41.3 Å². The normalized spacial score (nSPS) is 10.7. The van der Waals surface area contributed by atoms with Crippen LogP contribution in [0.1, 0.15) is 16.1 Å². The van der Waals surface area contributed by atoms with Crippen molar-refractivity contribution in [2.24, 2.45) is 5.10 Å². The van der Waals surface area contributed by atoms with Crippen LogP contribution in [0.2, 0.25) is 0 Å². The lowest BCUT2D eigenvalue weighted by Crippen LogP contribution is -2.12. The molecule has 3 aromatic heterocycles. The minimum Gasteiger partial charge on any atom is -0.350 e. The van der Waals surface area contributed by atoms with Crippen LogP contribution in [0, 0.1) is 6.92 Å². The Morgan fingerprint density at radius 3 is 2.74 bits per heavy atom. The van der Waals surface area contributed by atoms with Crippen molar-refractivity contribution in [3.63, 3.8) is 0 Å². The third-order valence-electron chi connectivity index (χ3n) is 5.40. The third kappa shape index (κ3) is 4.83. The zero-order valence-corrected chi connectivity index (χ0v) is 18.9. The van der Waals surface area contributed by atoms with Gasteiger partial charge >= 0.3 is 0 Å². The number of aromatic amines is 1. The maximum absolute atomic E-state index is 12.6.